The molecule has 33 heavy (non-hydrogen) atoms. The van der Waals surface area contributed by atoms with Crippen LogP contribution >= 0.6 is 23.6 Å². The van der Waals surface area contributed by atoms with Crippen molar-refractivity contribution in [3.63, 3.8) is 0 Å². The van der Waals surface area contributed by atoms with Crippen molar-refractivity contribution in [1.29, 1.82) is 0 Å². The number of halogens is 4. The van der Waals surface area contributed by atoms with Crippen LogP contribution in [0.3, 0.4) is 0 Å². The zero-order chi connectivity index (χ0) is 23.9. The van der Waals surface area contributed by atoms with Gasteiger partial charge in [-0.05, 0) is 31.3 Å². The lowest BCUT2D eigenvalue weighted by atomic mass is 10.1. The molecule has 1 amide bonds. The number of nitrogens with one attached hydrogen (secondary N) is 2. The lowest BCUT2D eigenvalue weighted by Crippen LogP contribution is -2.35. The minimum atomic E-state index is -1.91. The maximum absolute atomic E-state index is 14.1. The summed E-state index contributed by atoms with van der Waals surface area (Å²) in [5.41, 5.74) is -0.368. The fourth-order valence-electron chi connectivity index (χ4n) is 2.88. The van der Waals surface area contributed by atoms with Gasteiger partial charge < -0.3 is 10.1 Å². The quantitative estimate of drug-likeness (QED) is 0.252. The third-order valence-corrected chi connectivity index (χ3v) is 5.55. The second-order valence-electron chi connectivity index (χ2n) is 6.50. The van der Waals surface area contributed by atoms with Gasteiger partial charge in [0.1, 0.15) is 10.6 Å². The minimum absolute atomic E-state index is 0.360. The first-order valence-electron chi connectivity index (χ1n) is 9.02. The van der Waals surface area contributed by atoms with Crippen molar-refractivity contribution in [2.45, 2.75) is 6.92 Å². The van der Waals surface area contributed by atoms with Crippen molar-refractivity contribution in [3.8, 4) is 16.3 Å². The van der Waals surface area contributed by atoms with E-state index in [0.29, 0.717) is 27.0 Å². The van der Waals surface area contributed by atoms with E-state index in [-0.39, 0.29) is 5.11 Å². The number of hydrogen-bond donors (Lipinski definition) is 2. The SMILES string of the molecule is COc1c(F)c(F)c(C(=O)NC(=S)Nc2cccc(-c3nn4c(C)nnc4s3)c2)c(F)c1F. The molecule has 0 saturated heterocycles. The van der Waals surface area contributed by atoms with Crippen molar-refractivity contribution in [3.05, 3.63) is 58.9 Å². The number of carbonyl (C=O) groups is 1. The van der Waals surface area contributed by atoms with Gasteiger partial charge in [0.05, 0.1) is 7.11 Å². The summed E-state index contributed by atoms with van der Waals surface area (Å²) in [6.45, 7) is 1.76. The Hall–Kier alpha value is -3.65. The molecule has 0 saturated carbocycles. The number of hydrogen-bond acceptors (Lipinski definition) is 7. The third-order valence-electron chi connectivity index (χ3n) is 4.40. The number of rotatable bonds is 4. The van der Waals surface area contributed by atoms with Crippen molar-refractivity contribution in [2.75, 3.05) is 12.4 Å². The van der Waals surface area contributed by atoms with Gasteiger partial charge >= 0.3 is 0 Å². The topological polar surface area (TPSA) is 93.4 Å². The Kier molecular flexibility index (Phi) is 5.95. The third kappa shape index (κ3) is 4.09. The summed E-state index contributed by atoms with van der Waals surface area (Å²) in [6.07, 6.45) is 0. The van der Waals surface area contributed by atoms with Crippen LogP contribution < -0.4 is 15.4 Å². The maximum atomic E-state index is 14.1. The minimum Gasteiger partial charge on any atom is -0.491 e. The largest absolute Gasteiger partial charge is 0.491 e. The second kappa shape index (κ2) is 8.71. The summed E-state index contributed by atoms with van der Waals surface area (Å²) >= 11 is 6.29. The molecule has 0 aliphatic heterocycles. The van der Waals surface area contributed by atoms with Gasteiger partial charge in [0.15, 0.2) is 28.3 Å². The lowest BCUT2D eigenvalue weighted by molar-refractivity contribution is 0.0966. The predicted molar refractivity (Wildman–Crippen MR) is 115 cm³/mol. The van der Waals surface area contributed by atoms with Crippen LogP contribution in [0.2, 0.25) is 0 Å². The molecule has 0 spiro atoms. The Bertz CT molecular complexity index is 1390. The summed E-state index contributed by atoms with van der Waals surface area (Å²) in [6, 6.07) is 6.74. The predicted octanol–water partition coefficient (Wildman–Crippen LogP) is 3.85. The molecule has 0 aliphatic rings. The number of benzene rings is 2. The highest BCUT2D eigenvalue weighted by atomic mass is 32.1. The summed E-state index contributed by atoms with van der Waals surface area (Å²) in [5, 5.41) is 17.3. The molecule has 2 aromatic heterocycles. The Labute approximate surface area is 192 Å². The van der Waals surface area contributed by atoms with E-state index in [1.807, 2.05) is 5.32 Å². The standard InChI is InChI=1S/C19H12F4N6O2S2/c1-7-26-27-19-29(7)28-17(33-19)8-4-3-5-9(6-8)24-18(32)25-16(30)10-11(20)13(22)15(31-2)14(23)12(10)21/h3-6H,1-2H3,(H2,24,25,30,32). The Morgan fingerprint density at radius 3 is 2.45 bits per heavy atom. The number of aromatic nitrogens is 4. The number of anilines is 1. The van der Waals surface area contributed by atoms with Gasteiger partial charge in [0, 0.05) is 11.3 Å². The van der Waals surface area contributed by atoms with Gasteiger partial charge in [0.25, 0.3) is 5.91 Å². The highest BCUT2D eigenvalue weighted by molar-refractivity contribution is 7.80. The van der Waals surface area contributed by atoms with Crippen LogP contribution in [0.1, 0.15) is 16.2 Å². The van der Waals surface area contributed by atoms with Crippen LogP contribution in [-0.4, -0.2) is 37.9 Å². The first-order valence-corrected chi connectivity index (χ1v) is 10.2. The van der Waals surface area contributed by atoms with E-state index in [9.17, 15) is 22.4 Å². The molecule has 0 radical (unpaired) electrons. The number of amides is 1. The van der Waals surface area contributed by atoms with Gasteiger partial charge in [0.2, 0.25) is 16.6 Å². The molecule has 2 heterocycles. The van der Waals surface area contributed by atoms with Gasteiger partial charge in [-0.25, -0.2) is 8.78 Å². The lowest BCUT2D eigenvalue weighted by Gasteiger charge is -2.13. The molecule has 170 valence electrons. The number of nitrogens with zero attached hydrogens (tertiary/aromatic N) is 4. The monoisotopic (exact) mass is 496 g/mol. The number of ether oxygens (including phenoxy) is 1. The Balaban J connectivity index is 1.53. The average Bonchev–Trinajstić information content (AvgIpc) is 3.35. The van der Waals surface area contributed by atoms with Crippen LogP contribution in [0, 0.1) is 30.2 Å². The van der Waals surface area contributed by atoms with E-state index in [1.54, 1.807) is 35.7 Å². The number of aryl methyl sites for hydroxylation is 1. The van der Waals surface area contributed by atoms with Crippen LogP contribution in [0.5, 0.6) is 5.75 Å². The fraction of sp³-hybridized carbons (Fsp3) is 0.105. The molecule has 2 N–H and O–H groups in total. The average molecular weight is 496 g/mol. The molecule has 2 aromatic carbocycles. The van der Waals surface area contributed by atoms with Gasteiger partial charge in [-0.1, -0.05) is 23.5 Å². The van der Waals surface area contributed by atoms with Crippen LogP contribution in [0.25, 0.3) is 15.5 Å². The number of carbonyl (C=O) groups excluding carboxylic acids is 1. The first-order chi connectivity index (χ1) is 15.7. The van der Waals surface area contributed by atoms with Gasteiger partial charge in [-0.3, -0.25) is 10.1 Å². The van der Waals surface area contributed by atoms with E-state index in [4.69, 9.17) is 12.2 Å². The molecule has 0 aliphatic carbocycles. The molecular weight excluding hydrogens is 484 g/mol. The van der Waals surface area contributed by atoms with Crippen molar-refractivity contribution in [2.24, 2.45) is 0 Å². The summed E-state index contributed by atoms with van der Waals surface area (Å²) in [5.74, 6) is -9.64. The second-order valence-corrected chi connectivity index (χ2v) is 7.87. The molecule has 4 aromatic rings. The Morgan fingerprint density at radius 1 is 1.12 bits per heavy atom. The number of fused-ring (bicyclic) bond motifs is 1. The van der Waals surface area contributed by atoms with E-state index in [1.165, 1.54) is 11.3 Å². The molecule has 8 nitrogen and oxygen atoms in total. The molecule has 0 unspecified atom stereocenters. The van der Waals surface area contributed by atoms with Crippen molar-refractivity contribution in [1.82, 2.24) is 25.1 Å². The van der Waals surface area contributed by atoms with Crippen LogP contribution in [0.4, 0.5) is 23.2 Å². The van der Waals surface area contributed by atoms with E-state index in [0.717, 1.165) is 7.11 Å². The van der Waals surface area contributed by atoms with E-state index >= 15 is 0 Å². The molecule has 0 fully saturated rings. The zero-order valence-corrected chi connectivity index (χ0v) is 18.4. The molecule has 14 heteroatoms. The van der Waals surface area contributed by atoms with Crippen molar-refractivity contribution < 1.29 is 27.1 Å². The number of thiocarbonyl (C=S) groups is 1. The summed E-state index contributed by atoms with van der Waals surface area (Å²) < 4.78 is 61.9. The normalized spacial score (nSPS) is 11.0. The molecule has 4 rings (SSSR count). The van der Waals surface area contributed by atoms with E-state index < -0.39 is 40.5 Å². The molecule has 0 atom stereocenters. The van der Waals surface area contributed by atoms with E-state index in [2.05, 4.69) is 25.3 Å². The highest BCUT2D eigenvalue weighted by Gasteiger charge is 2.30. The zero-order valence-electron chi connectivity index (χ0n) is 16.7. The van der Waals surface area contributed by atoms with Gasteiger partial charge in [-0.15, -0.1) is 10.2 Å². The smallest absolute Gasteiger partial charge is 0.263 e. The molecule has 0 bridgehead atoms. The van der Waals surface area contributed by atoms with Crippen LogP contribution in [-0.2, 0) is 0 Å². The number of methoxy groups -OCH3 is 1. The first kappa shape index (κ1) is 22.5. The Morgan fingerprint density at radius 2 is 1.82 bits per heavy atom. The highest BCUT2D eigenvalue weighted by Crippen LogP contribution is 2.30. The fourth-order valence-corrected chi connectivity index (χ4v) is 3.97. The van der Waals surface area contributed by atoms with Gasteiger partial charge in [-0.2, -0.15) is 18.4 Å². The van der Waals surface area contributed by atoms with Crippen molar-refractivity contribution >= 4 is 45.2 Å². The summed E-state index contributed by atoms with van der Waals surface area (Å²) in [4.78, 5) is 12.9. The van der Waals surface area contributed by atoms with Crippen LogP contribution in [0.15, 0.2) is 24.3 Å². The molecular formula is C19H12F4N6O2S2. The maximum Gasteiger partial charge on any atom is 0.263 e. The summed E-state index contributed by atoms with van der Waals surface area (Å²) in [7, 11) is 0.828.